The molecule has 0 bridgehead atoms. The lowest BCUT2D eigenvalue weighted by Gasteiger charge is -2.34. The molecular formula is C18H18ClFN2O4S. The highest BCUT2D eigenvalue weighted by Crippen LogP contribution is 2.38. The van der Waals surface area contributed by atoms with Gasteiger partial charge < -0.3 is 10.1 Å². The number of benzene rings is 2. The van der Waals surface area contributed by atoms with Gasteiger partial charge in [0.2, 0.25) is 0 Å². The van der Waals surface area contributed by atoms with E-state index >= 15 is 0 Å². The van der Waals surface area contributed by atoms with E-state index in [1.165, 1.54) is 0 Å². The minimum atomic E-state index is -4.14. The molecule has 1 aliphatic rings. The molecule has 1 N–H and O–H groups in total. The summed E-state index contributed by atoms with van der Waals surface area (Å²) in [5, 5.41) is 2.47. The normalized spacial score (nSPS) is 16.4. The number of nitrogens with one attached hydrogen (secondary N) is 1. The van der Waals surface area contributed by atoms with Gasteiger partial charge in [-0.05, 0) is 36.8 Å². The van der Waals surface area contributed by atoms with Crippen LogP contribution in [0.15, 0.2) is 47.4 Å². The number of halogens is 2. The fraction of sp³-hybridized carbons (Fsp3) is 0.278. The molecule has 1 aliphatic heterocycles. The minimum Gasteiger partial charge on any atom is -0.476 e. The van der Waals surface area contributed by atoms with E-state index in [1.54, 1.807) is 24.3 Å². The maximum Gasteiger partial charge on any atom is 0.266 e. The minimum absolute atomic E-state index is 0.220. The smallest absolute Gasteiger partial charge is 0.266 e. The van der Waals surface area contributed by atoms with Crippen LogP contribution in [0.2, 0.25) is 5.02 Å². The Balaban J connectivity index is 2.03. The molecule has 144 valence electrons. The first kappa shape index (κ1) is 19.4. The van der Waals surface area contributed by atoms with E-state index < -0.39 is 27.9 Å². The highest BCUT2D eigenvalue weighted by Gasteiger charge is 2.38. The Labute approximate surface area is 161 Å². The van der Waals surface area contributed by atoms with Crippen LogP contribution in [0.25, 0.3) is 0 Å². The number of rotatable bonds is 5. The molecule has 3 rings (SSSR count). The number of para-hydroxylation sites is 2. The number of hydrogen-bond acceptors (Lipinski definition) is 4. The van der Waals surface area contributed by atoms with Crippen molar-refractivity contribution in [1.29, 1.82) is 0 Å². The molecule has 0 fully saturated rings. The number of nitrogens with zero attached hydrogens (tertiary/aromatic N) is 1. The predicted molar refractivity (Wildman–Crippen MR) is 100 cm³/mol. The van der Waals surface area contributed by atoms with Gasteiger partial charge in [0.1, 0.15) is 16.5 Å². The van der Waals surface area contributed by atoms with Crippen LogP contribution in [0.1, 0.15) is 13.3 Å². The summed E-state index contributed by atoms with van der Waals surface area (Å²) in [7, 11) is -4.14. The number of fused-ring (bicyclic) bond motifs is 1. The van der Waals surface area contributed by atoms with Crippen molar-refractivity contribution in [2.75, 3.05) is 17.4 Å². The fourth-order valence-electron chi connectivity index (χ4n) is 2.73. The Kier molecular flexibility index (Phi) is 5.57. The van der Waals surface area contributed by atoms with Crippen LogP contribution in [0.3, 0.4) is 0 Å². The van der Waals surface area contributed by atoms with Crippen molar-refractivity contribution in [2.45, 2.75) is 24.3 Å². The van der Waals surface area contributed by atoms with Gasteiger partial charge in [-0.2, -0.15) is 0 Å². The van der Waals surface area contributed by atoms with Crippen molar-refractivity contribution in [3.63, 3.8) is 0 Å². The molecule has 0 radical (unpaired) electrons. The third kappa shape index (κ3) is 3.86. The van der Waals surface area contributed by atoms with E-state index in [0.29, 0.717) is 6.54 Å². The van der Waals surface area contributed by atoms with Gasteiger partial charge in [-0.1, -0.05) is 30.7 Å². The lowest BCUT2D eigenvalue weighted by molar-refractivity contribution is -0.127. The third-order valence-corrected chi connectivity index (χ3v) is 6.30. The molecule has 2 aromatic rings. The Morgan fingerprint density at radius 1 is 1.33 bits per heavy atom. The SMILES string of the molecule is CCCNC(=O)C1CN(S(=O)(=O)c2ccc(F)cc2Cl)c2ccccc2O1. The number of ether oxygens (including phenoxy) is 1. The van der Waals surface area contributed by atoms with Crippen LogP contribution in [0, 0.1) is 5.82 Å². The Morgan fingerprint density at radius 2 is 2.07 bits per heavy atom. The van der Waals surface area contributed by atoms with Crippen LogP contribution in [-0.4, -0.2) is 33.5 Å². The van der Waals surface area contributed by atoms with Gasteiger partial charge in [0.25, 0.3) is 15.9 Å². The van der Waals surface area contributed by atoms with E-state index in [4.69, 9.17) is 16.3 Å². The number of sulfonamides is 1. The zero-order valence-electron chi connectivity index (χ0n) is 14.5. The summed E-state index contributed by atoms with van der Waals surface area (Å²) in [5.41, 5.74) is 0.289. The maximum absolute atomic E-state index is 13.3. The summed E-state index contributed by atoms with van der Waals surface area (Å²) in [6, 6.07) is 9.57. The van der Waals surface area contributed by atoms with Gasteiger partial charge in [-0.15, -0.1) is 0 Å². The van der Waals surface area contributed by atoms with Crippen molar-refractivity contribution in [3.05, 3.63) is 53.3 Å². The van der Waals surface area contributed by atoms with Crippen LogP contribution < -0.4 is 14.4 Å². The largest absolute Gasteiger partial charge is 0.476 e. The third-order valence-electron chi connectivity index (χ3n) is 4.04. The number of anilines is 1. The number of carbonyl (C=O) groups is 1. The van der Waals surface area contributed by atoms with Crippen molar-refractivity contribution >= 4 is 33.2 Å². The van der Waals surface area contributed by atoms with Gasteiger partial charge in [0.15, 0.2) is 6.10 Å². The molecule has 0 saturated heterocycles. The molecule has 0 spiro atoms. The first-order valence-corrected chi connectivity index (χ1v) is 10.2. The monoisotopic (exact) mass is 412 g/mol. The molecule has 2 aromatic carbocycles. The highest BCUT2D eigenvalue weighted by molar-refractivity contribution is 7.93. The number of amides is 1. The Hall–Kier alpha value is -2.32. The molecule has 0 aromatic heterocycles. The Bertz CT molecular complexity index is 968. The zero-order chi connectivity index (χ0) is 19.6. The summed E-state index contributed by atoms with van der Waals surface area (Å²) in [6.07, 6.45) is -0.275. The molecule has 9 heteroatoms. The standard InChI is InChI=1S/C18H18ClFN2O4S/c1-2-9-21-18(23)16-11-22(14-5-3-4-6-15(14)26-16)27(24,25)17-8-7-12(20)10-13(17)19/h3-8,10,16H,2,9,11H2,1H3,(H,21,23). The van der Waals surface area contributed by atoms with Crippen LogP contribution in [0.5, 0.6) is 5.75 Å². The van der Waals surface area contributed by atoms with Gasteiger partial charge in [-0.3, -0.25) is 9.10 Å². The molecule has 0 aliphatic carbocycles. The summed E-state index contributed by atoms with van der Waals surface area (Å²) in [5.74, 6) is -0.780. The van der Waals surface area contributed by atoms with Gasteiger partial charge >= 0.3 is 0 Å². The number of carbonyl (C=O) groups excluding carboxylic acids is 1. The second kappa shape index (κ2) is 7.74. The van der Waals surface area contributed by atoms with Gasteiger partial charge in [-0.25, -0.2) is 12.8 Å². The second-order valence-electron chi connectivity index (χ2n) is 5.98. The lowest BCUT2D eigenvalue weighted by atomic mass is 10.2. The fourth-order valence-corrected chi connectivity index (χ4v) is 4.72. The summed E-state index contributed by atoms with van der Waals surface area (Å²) < 4.78 is 46.5. The summed E-state index contributed by atoms with van der Waals surface area (Å²) >= 11 is 5.97. The van der Waals surface area contributed by atoms with E-state index in [1.807, 2.05) is 6.92 Å². The molecule has 0 saturated carbocycles. The molecule has 6 nitrogen and oxygen atoms in total. The molecule has 27 heavy (non-hydrogen) atoms. The van der Waals surface area contributed by atoms with E-state index in [0.717, 1.165) is 28.9 Å². The van der Waals surface area contributed by atoms with Crippen molar-refractivity contribution < 1.29 is 22.3 Å². The first-order chi connectivity index (χ1) is 12.8. The average Bonchev–Trinajstić information content (AvgIpc) is 2.64. The second-order valence-corrected chi connectivity index (χ2v) is 8.21. The van der Waals surface area contributed by atoms with Crippen molar-refractivity contribution in [2.24, 2.45) is 0 Å². The molecule has 1 amide bonds. The molecule has 1 heterocycles. The maximum atomic E-state index is 13.3. The molecule has 1 unspecified atom stereocenters. The first-order valence-electron chi connectivity index (χ1n) is 8.35. The van der Waals surface area contributed by atoms with E-state index in [-0.39, 0.29) is 27.9 Å². The van der Waals surface area contributed by atoms with Crippen LogP contribution >= 0.6 is 11.6 Å². The van der Waals surface area contributed by atoms with E-state index in [2.05, 4.69) is 5.32 Å². The summed E-state index contributed by atoms with van der Waals surface area (Å²) in [4.78, 5) is 12.1. The quantitative estimate of drug-likeness (QED) is 0.819. The average molecular weight is 413 g/mol. The molecular weight excluding hydrogens is 395 g/mol. The summed E-state index contributed by atoms with van der Waals surface area (Å²) in [6.45, 7) is 2.14. The van der Waals surface area contributed by atoms with E-state index in [9.17, 15) is 17.6 Å². The number of hydrogen-bond donors (Lipinski definition) is 1. The lowest BCUT2D eigenvalue weighted by Crippen LogP contribution is -2.50. The van der Waals surface area contributed by atoms with Gasteiger partial charge in [0, 0.05) is 6.54 Å². The topological polar surface area (TPSA) is 75.7 Å². The van der Waals surface area contributed by atoms with Gasteiger partial charge in [0.05, 0.1) is 17.3 Å². The highest BCUT2D eigenvalue weighted by atomic mass is 35.5. The molecule has 1 atom stereocenters. The van der Waals surface area contributed by atoms with Crippen molar-refractivity contribution in [3.8, 4) is 5.75 Å². The van der Waals surface area contributed by atoms with Crippen molar-refractivity contribution in [1.82, 2.24) is 5.32 Å². The van der Waals surface area contributed by atoms with Crippen LogP contribution in [0.4, 0.5) is 10.1 Å². The van der Waals surface area contributed by atoms with Crippen LogP contribution in [-0.2, 0) is 14.8 Å². The zero-order valence-corrected chi connectivity index (χ0v) is 16.1. The predicted octanol–water partition coefficient (Wildman–Crippen LogP) is 2.96. The Morgan fingerprint density at radius 3 is 2.78 bits per heavy atom.